The number of H-pyrrole nitrogens is 1. The third-order valence-corrected chi connectivity index (χ3v) is 5.22. The van der Waals surface area contributed by atoms with Crippen LogP contribution in [-0.4, -0.2) is 35.0 Å². The van der Waals surface area contributed by atoms with Crippen LogP contribution in [-0.2, 0) is 0 Å². The minimum absolute atomic E-state index is 0.0289. The van der Waals surface area contributed by atoms with Crippen molar-refractivity contribution in [2.75, 3.05) is 22.9 Å². The molecule has 0 bridgehead atoms. The highest BCUT2D eigenvalue weighted by Crippen LogP contribution is 2.42. The summed E-state index contributed by atoms with van der Waals surface area (Å²) in [7, 11) is 0. The van der Waals surface area contributed by atoms with Gasteiger partial charge in [-0.2, -0.15) is 0 Å². The standard InChI is InChI=1S/C20H20N4O/c1-13-3-2-4-17-18(13)23(15-6-7-15)11-12-24(17)20(25)16-8-5-14-9-10-21-19(14)22-16/h2-5,8-10,15H,6-7,11-12H2,1H3,(H,21,22). The van der Waals surface area contributed by atoms with Crippen molar-refractivity contribution in [2.24, 2.45) is 0 Å². The van der Waals surface area contributed by atoms with E-state index >= 15 is 0 Å². The lowest BCUT2D eigenvalue weighted by Gasteiger charge is -2.39. The number of aromatic nitrogens is 2. The van der Waals surface area contributed by atoms with Crippen molar-refractivity contribution in [1.29, 1.82) is 0 Å². The van der Waals surface area contributed by atoms with Crippen LogP contribution in [0.2, 0.25) is 0 Å². The topological polar surface area (TPSA) is 52.2 Å². The summed E-state index contributed by atoms with van der Waals surface area (Å²) in [6.07, 6.45) is 4.36. The molecule has 5 heteroatoms. The van der Waals surface area contributed by atoms with Crippen molar-refractivity contribution in [3.8, 4) is 0 Å². The van der Waals surface area contributed by atoms with E-state index in [0.29, 0.717) is 18.3 Å². The molecule has 3 aromatic rings. The number of pyridine rings is 1. The molecule has 0 unspecified atom stereocenters. The average Bonchev–Trinajstić information content (AvgIpc) is 3.37. The fourth-order valence-electron chi connectivity index (χ4n) is 3.83. The molecule has 2 aromatic heterocycles. The van der Waals surface area contributed by atoms with Crippen LogP contribution in [0.15, 0.2) is 42.6 Å². The lowest BCUT2D eigenvalue weighted by atomic mass is 10.1. The van der Waals surface area contributed by atoms with Crippen LogP contribution in [0.1, 0.15) is 28.9 Å². The second-order valence-electron chi connectivity index (χ2n) is 6.94. The summed E-state index contributed by atoms with van der Waals surface area (Å²) >= 11 is 0. The van der Waals surface area contributed by atoms with E-state index in [1.54, 1.807) is 0 Å². The summed E-state index contributed by atoms with van der Waals surface area (Å²) in [6, 6.07) is 12.6. The first-order valence-corrected chi connectivity index (χ1v) is 8.84. The number of amides is 1. The minimum Gasteiger partial charge on any atom is -0.365 e. The Morgan fingerprint density at radius 3 is 2.88 bits per heavy atom. The number of fused-ring (bicyclic) bond motifs is 2. The number of carbonyl (C=O) groups is 1. The van der Waals surface area contributed by atoms with Gasteiger partial charge in [0, 0.05) is 30.7 Å². The lowest BCUT2D eigenvalue weighted by molar-refractivity contribution is 0.0982. The largest absolute Gasteiger partial charge is 0.365 e. The van der Waals surface area contributed by atoms with E-state index in [-0.39, 0.29) is 5.91 Å². The van der Waals surface area contributed by atoms with Gasteiger partial charge in [0.2, 0.25) is 0 Å². The Morgan fingerprint density at radius 1 is 1.16 bits per heavy atom. The SMILES string of the molecule is Cc1cccc2c1N(C1CC1)CCN2C(=O)c1ccc2cc[nH]c2n1. The van der Waals surface area contributed by atoms with E-state index in [1.165, 1.54) is 24.1 Å². The number of rotatable bonds is 2. The zero-order chi connectivity index (χ0) is 17.0. The molecular weight excluding hydrogens is 312 g/mol. The van der Waals surface area contributed by atoms with E-state index in [2.05, 4.69) is 33.9 Å². The van der Waals surface area contributed by atoms with Crippen LogP contribution in [0.3, 0.4) is 0 Å². The van der Waals surface area contributed by atoms with Gasteiger partial charge < -0.3 is 14.8 Å². The summed E-state index contributed by atoms with van der Waals surface area (Å²) < 4.78 is 0. The number of aromatic amines is 1. The number of anilines is 2. The highest BCUT2D eigenvalue weighted by molar-refractivity contribution is 6.08. The smallest absolute Gasteiger partial charge is 0.277 e. The van der Waals surface area contributed by atoms with Gasteiger partial charge in [-0.05, 0) is 49.6 Å². The van der Waals surface area contributed by atoms with Crippen molar-refractivity contribution in [2.45, 2.75) is 25.8 Å². The van der Waals surface area contributed by atoms with Crippen molar-refractivity contribution < 1.29 is 4.79 Å². The lowest BCUT2D eigenvalue weighted by Crippen LogP contribution is -2.45. The second kappa shape index (κ2) is 5.34. The summed E-state index contributed by atoms with van der Waals surface area (Å²) in [5, 5.41) is 1.02. The molecular formula is C20H20N4O. The first-order valence-electron chi connectivity index (χ1n) is 8.84. The zero-order valence-corrected chi connectivity index (χ0v) is 14.2. The van der Waals surface area contributed by atoms with E-state index in [1.807, 2.05) is 35.4 Å². The first-order chi connectivity index (χ1) is 12.2. The Labute approximate surface area is 146 Å². The van der Waals surface area contributed by atoms with Gasteiger partial charge in [0.05, 0.1) is 11.4 Å². The van der Waals surface area contributed by atoms with Crippen molar-refractivity contribution >= 4 is 28.3 Å². The maximum atomic E-state index is 13.2. The molecule has 1 amide bonds. The molecule has 0 saturated heterocycles. The summed E-state index contributed by atoms with van der Waals surface area (Å²) in [5.41, 5.74) is 4.70. The van der Waals surface area contributed by atoms with Crippen molar-refractivity contribution in [3.63, 3.8) is 0 Å². The molecule has 0 atom stereocenters. The molecule has 5 rings (SSSR count). The molecule has 1 saturated carbocycles. The van der Waals surface area contributed by atoms with Gasteiger partial charge in [-0.15, -0.1) is 0 Å². The van der Waals surface area contributed by atoms with Gasteiger partial charge in [0.25, 0.3) is 5.91 Å². The molecule has 1 fully saturated rings. The first kappa shape index (κ1) is 14.5. The molecule has 0 spiro atoms. The Bertz CT molecular complexity index is 973. The number of hydrogen-bond donors (Lipinski definition) is 1. The highest BCUT2D eigenvalue weighted by atomic mass is 16.2. The van der Waals surface area contributed by atoms with Crippen LogP contribution >= 0.6 is 0 Å². The molecule has 3 heterocycles. The normalized spacial score (nSPS) is 17.0. The number of benzene rings is 1. The van der Waals surface area contributed by atoms with Crippen LogP contribution in [0, 0.1) is 6.92 Å². The number of carbonyl (C=O) groups excluding carboxylic acids is 1. The van der Waals surface area contributed by atoms with E-state index in [4.69, 9.17) is 0 Å². The van der Waals surface area contributed by atoms with Gasteiger partial charge in [0.1, 0.15) is 11.3 Å². The molecule has 25 heavy (non-hydrogen) atoms. The highest BCUT2D eigenvalue weighted by Gasteiger charge is 2.36. The molecule has 0 radical (unpaired) electrons. The number of para-hydroxylation sites is 1. The number of aryl methyl sites for hydroxylation is 1. The summed E-state index contributed by atoms with van der Waals surface area (Å²) in [6.45, 7) is 3.72. The van der Waals surface area contributed by atoms with Gasteiger partial charge in [-0.3, -0.25) is 4.79 Å². The Kier molecular flexibility index (Phi) is 3.10. The summed E-state index contributed by atoms with van der Waals surface area (Å²) in [4.78, 5) is 25.1. The second-order valence-corrected chi connectivity index (χ2v) is 6.94. The number of hydrogen-bond acceptors (Lipinski definition) is 3. The van der Waals surface area contributed by atoms with Crippen LogP contribution < -0.4 is 9.80 Å². The number of nitrogens with one attached hydrogen (secondary N) is 1. The maximum absolute atomic E-state index is 13.2. The van der Waals surface area contributed by atoms with E-state index < -0.39 is 0 Å². The van der Waals surface area contributed by atoms with Crippen LogP contribution in [0.25, 0.3) is 11.0 Å². The Balaban J connectivity index is 1.56. The zero-order valence-electron chi connectivity index (χ0n) is 14.2. The van der Waals surface area contributed by atoms with Crippen molar-refractivity contribution in [1.82, 2.24) is 9.97 Å². The van der Waals surface area contributed by atoms with E-state index in [9.17, 15) is 4.79 Å². The maximum Gasteiger partial charge on any atom is 0.277 e. The third kappa shape index (κ3) is 2.30. The average molecular weight is 332 g/mol. The summed E-state index contributed by atoms with van der Waals surface area (Å²) in [5.74, 6) is -0.0289. The molecule has 1 aromatic carbocycles. The minimum atomic E-state index is -0.0289. The third-order valence-electron chi connectivity index (χ3n) is 5.22. The number of nitrogens with zero attached hydrogens (tertiary/aromatic N) is 3. The molecule has 2 aliphatic rings. The molecule has 1 N–H and O–H groups in total. The van der Waals surface area contributed by atoms with Crippen LogP contribution in [0.5, 0.6) is 0 Å². The molecule has 5 nitrogen and oxygen atoms in total. The molecule has 1 aliphatic carbocycles. The van der Waals surface area contributed by atoms with Gasteiger partial charge in [0.15, 0.2) is 0 Å². The van der Waals surface area contributed by atoms with Gasteiger partial charge in [-0.1, -0.05) is 12.1 Å². The fraction of sp³-hybridized carbons (Fsp3) is 0.300. The van der Waals surface area contributed by atoms with E-state index in [0.717, 1.165) is 23.3 Å². The van der Waals surface area contributed by atoms with Gasteiger partial charge >= 0.3 is 0 Å². The monoisotopic (exact) mass is 332 g/mol. The Morgan fingerprint density at radius 2 is 2.04 bits per heavy atom. The molecule has 126 valence electrons. The fourth-order valence-corrected chi connectivity index (χ4v) is 3.83. The quantitative estimate of drug-likeness (QED) is 0.781. The molecule has 1 aliphatic heterocycles. The van der Waals surface area contributed by atoms with Crippen molar-refractivity contribution in [3.05, 3.63) is 53.9 Å². The predicted octanol–water partition coefficient (Wildman–Crippen LogP) is 3.50. The van der Waals surface area contributed by atoms with Crippen LogP contribution in [0.4, 0.5) is 11.4 Å². The van der Waals surface area contributed by atoms with Gasteiger partial charge in [-0.25, -0.2) is 4.98 Å². The predicted molar refractivity (Wildman–Crippen MR) is 99.3 cm³/mol. The Hall–Kier alpha value is -2.82.